The molecule has 5 rings (SSSR count). The van der Waals surface area contributed by atoms with Gasteiger partial charge < -0.3 is 14.6 Å². The van der Waals surface area contributed by atoms with Crippen molar-refractivity contribution in [2.45, 2.75) is 106 Å². The zero-order valence-electron chi connectivity index (χ0n) is 22.7. The molecule has 1 heterocycles. The fourth-order valence-electron chi connectivity index (χ4n) is 10.2. The molecule has 0 radical (unpaired) electrons. The third-order valence-corrected chi connectivity index (χ3v) is 12.9. The van der Waals surface area contributed by atoms with Gasteiger partial charge in [-0.15, -0.1) is 0 Å². The first-order valence-electron chi connectivity index (χ1n) is 13.9. The van der Waals surface area contributed by atoms with Crippen molar-refractivity contribution in [3.8, 4) is 0 Å². The van der Waals surface area contributed by atoms with E-state index in [-0.39, 0.29) is 16.9 Å². The van der Waals surface area contributed by atoms with Crippen LogP contribution in [0.5, 0.6) is 0 Å². The molecular formula is C30H50O3. The molecule has 0 unspecified atom stereocenters. The second kappa shape index (κ2) is 7.56. The Labute approximate surface area is 203 Å². The second-order valence-electron chi connectivity index (χ2n) is 14.5. The Bertz CT molecular complexity index is 819. The average Bonchev–Trinajstić information content (AvgIpc) is 2.76. The van der Waals surface area contributed by atoms with E-state index in [0.29, 0.717) is 34.7 Å². The maximum Gasteiger partial charge on any atom is 0.0880 e. The van der Waals surface area contributed by atoms with E-state index < -0.39 is 6.10 Å². The summed E-state index contributed by atoms with van der Waals surface area (Å²) in [4.78, 5) is 0. The van der Waals surface area contributed by atoms with Gasteiger partial charge in [0.05, 0.1) is 25.4 Å². The number of fused-ring (bicyclic) bond motifs is 3. The molecular weight excluding hydrogens is 408 g/mol. The molecule has 3 nitrogen and oxygen atoms in total. The summed E-state index contributed by atoms with van der Waals surface area (Å²) in [5, 5.41) is 11.3. The lowest BCUT2D eigenvalue weighted by molar-refractivity contribution is -0.254. The van der Waals surface area contributed by atoms with Crippen LogP contribution in [0, 0.1) is 50.7 Å². The molecule has 3 saturated carbocycles. The summed E-state index contributed by atoms with van der Waals surface area (Å²) >= 11 is 0. The quantitative estimate of drug-likeness (QED) is 0.482. The summed E-state index contributed by atoms with van der Waals surface area (Å²) in [6, 6.07) is 0. The van der Waals surface area contributed by atoms with Crippen molar-refractivity contribution in [1.82, 2.24) is 0 Å². The van der Waals surface area contributed by atoms with Gasteiger partial charge in [0.2, 0.25) is 0 Å². The van der Waals surface area contributed by atoms with Crippen molar-refractivity contribution in [2.75, 3.05) is 20.3 Å². The van der Waals surface area contributed by atoms with Crippen LogP contribution in [-0.2, 0) is 9.47 Å². The van der Waals surface area contributed by atoms with Crippen LogP contribution in [-0.4, -0.2) is 37.6 Å². The number of rotatable bonds is 3. The first kappa shape index (κ1) is 24.3. The normalized spacial score (nSPS) is 54.7. The standard InChI is InChI=1S/C30H50O3/c1-19(2)20(3)26(4)13-14-29(7)21-9-10-24-28(6)17-33-18-30(24,15-23(32-8)25(28)31)22(21)11-12-27(29,5)16-26/h11,19-21,23-25,31H,9-10,12-18H2,1-8H3/t20-,21+,23-,24+,25+,26+,27+,28+,29-,30+/m1/s1. The highest BCUT2D eigenvalue weighted by Crippen LogP contribution is 2.73. The monoisotopic (exact) mass is 458 g/mol. The van der Waals surface area contributed by atoms with E-state index in [1.807, 2.05) is 0 Å². The van der Waals surface area contributed by atoms with Crippen LogP contribution in [0.15, 0.2) is 11.6 Å². The Morgan fingerprint density at radius 1 is 1.06 bits per heavy atom. The Kier molecular flexibility index (Phi) is 5.57. The van der Waals surface area contributed by atoms with Crippen molar-refractivity contribution < 1.29 is 14.6 Å². The predicted molar refractivity (Wildman–Crippen MR) is 134 cm³/mol. The minimum absolute atomic E-state index is 0.0478. The Hall–Kier alpha value is -0.380. The summed E-state index contributed by atoms with van der Waals surface area (Å²) in [6.07, 6.45) is 10.8. The van der Waals surface area contributed by atoms with Gasteiger partial charge in [-0.05, 0) is 84.9 Å². The Morgan fingerprint density at radius 3 is 2.45 bits per heavy atom. The second-order valence-corrected chi connectivity index (χ2v) is 14.5. The summed E-state index contributed by atoms with van der Waals surface area (Å²) in [7, 11) is 1.79. The topological polar surface area (TPSA) is 38.7 Å². The Balaban J connectivity index is 1.55. The van der Waals surface area contributed by atoms with Gasteiger partial charge in [0.15, 0.2) is 0 Å². The third-order valence-electron chi connectivity index (χ3n) is 12.9. The molecule has 33 heavy (non-hydrogen) atoms. The van der Waals surface area contributed by atoms with Crippen molar-refractivity contribution in [3.05, 3.63) is 11.6 Å². The van der Waals surface area contributed by atoms with Crippen LogP contribution in [0.4, 0.5) is 0 Å². The van der Waals surface area contributed by atoms with Gasteiger partial charge in [-0.1, -0.05) is 60.1 Å². The van der Waals surface area contributed by atoms with E-state index in [0.717, 1.165) is 24.9 Å². The highest BCUT2D eigenvalue weighted by atomic mass is 16.5. The minimum Gasteiger partial charge on any atom is -0.390 e. The highest BCUT2D eigenvalue weighted by molar-refractivity contribution is 5.34. The van der Waals surface area contributed by atoms with E-state index in [1.165, 1.54) is 38.5 Å². The first-order chi connectivity index (χ1) is 15.4. The molecule has 3 heteroatoms. The number of allylic oxidation sites excluding steroid dienone is 1. The maximum absolute atomic E-state index is 11.3. The van der Waals surface area contributed by atoms with Crippen molar-refractivity contribution >= 4 is 0 Å². The van der Waals surface area contributed by atoms with E-state index in [2.05, 4.69) is 54.5 Å². The lowest BCUT2D eigenvalue weighted by atomic mass is 9.36. The largest absolute Gasteiger partial charge is 0.390 e. The van der Waals surface area contributed by atoms with Crippen LogP contribution in [0.1, 0.15) is 93.4 Å². The molecule has 0 aromatic carbocycles. The van der Waals surface area contributed by atoms with Crippen LogP contribution in [0.3, 0.4) is 0 Å². The molecule has 4 aliphatic carbocycles. The van der Waals surface area contributed by atoms with Gasteiger partial charge >= 0.3 is 0 Å². The smallest absolute Gasteiger partial charge is 0.0880 e. The zero-order valence-corrected chi connectivity index (χ0v) is 22.7. The van der Waals surface area contributed by atoms with Crippen LogP contribution < -0.4 is 0 Å². The summed E-state index contributed by atoms with van der Waals surface area (Å²) < 4.78 is 12.3. The number of ether oxygens (including phenoxy) is 2. The summed E-state index contributed by atoms with van der Waals surface area (Å²) in [5.41, 5.74) is 2.67. The number of aliphatic hydroxyl groups is 1. The van der Waals surface area contributed by atoms with Gasteiger partial charge in [-0.2, -0.15) is 0 Å². The van der Waals surface area contributed by atoms with Crippen molar-refractivity contribution in [1.29, 1.82) is 0 Å². The number of hydrogen-bond acceptors (Lipinski definition) is 3. The SMILES string of the molecule is CO[C@@H]1C[C@@]23COC[C@@](C)([C@@H]2CC[C@H]2C3=CC[C@@]3(C)C[C@@](C)([C@H](C)C(C)C)CC[C@]23C)[C@H]1O. The summed E-state index contributed by atoms with van der Waals surface area (Å²) in [5.74, 6) is 2.65. The fourth-order valence-corrected chi connectivity index (χ4v) is 10.2. The van der Waals surface area contributed by atoms with Crippen LogP contribution in [0.25, 0.3) is 0 Å². The molecule has 10 atom stereocenters. The van der Waals surface area contributed by atoms with Crippen LogP contribution in [0.2, 0.25) is 0 Å². The van der Waals surface area contributed by atoms with E-state index in [9.17, 15) is 5.11 Å². The van der Waals surface area contributed by atoms with Crippen molar-refractivity contribution in [2.24, 2.45) is 50.7 Å². The molecule has 188 valence electrons. The van der Waals surface area contributed by atoms with E-state index >= 15 is 0 Å². The average molecular weight is 459 g/mol. The predicted octanol–water partition coefficient (Wildman–Crippen LogP) is 6.64. The molecule has 0 spiro atoms. The molecule has 2 bridgehead atoms. The lowest BCUT2D eigenvalue weighted by Gasteiger charge is -2.70. The van der Waals surface area contributed by atoms with Crippen molar-refractivity contribution in [3.63, 3.8) is 0 Å². The molecule has 0 aromatic heterocycles. The molecule has 0 amide bonds. The van der Waals surface area contributed by atoms with Gasteiger partial charge in [0, 0.05) is 17.9 Å². The first-order valence-corrected chi connectivity index (χ1v) is 13.9. The third kappa shape index (κ3) is 3.03. The highest BCUT2D eigenvalue weighted by Gasteiger charge is 2.68. The van der Waals surface area contributed by atoms with Gasteiger partial charge in [0.1, 0.15) is 0 Å². The number of hydrogen-bond donors (Lipinski definition) is 1. The lowest BCUT2D eigenvalue weighted by Crippen LogP contribution is -2.68. The minimum atomic E-state index is -0.435. The molecule has 4 fully saturated rings. The van der Waals surface area contributed by atoms with Gasteiger partial charge in [0.25, 0.3) is 0 Å². The number of aliphatic hydroxyl groups excluding tert-OH is 1. The molecule has 1 saturated heterocycles. The van der Waals surface area contributed by atoms with Gasteiger partial charge in [-0.25, -0.2) is 0 Å². The van der Waals surface area contributed by atoms with E-state index in [1.54, 1.807) is 12.7 Å². The molecule has 5 aliphatic rings. The van der Waals surface area contributed by atoms with Crippen LogP contribution >= 0.6 is 0 Å². The zero-order chi connectivity index (χ0) is 24.0. The maximum atomic E-state index is 11.3. The van der Waals surface area contributed by atoms with E-state index in [4.69, 9.17) is 9.47 Å². The molecule has 1 aliphatic heterocycles. The number of methoxy groups -OCH3 is 1. The molecule has 0 aromatic rings. The summed E-state index contributed by atoms with van der Waals surface area (Å²) in [6.45, 7) is 18.9. The Morgan fingerprint density at radius 2 is 1.79 bits per heavy atom. The molecule has 1 N–H and O–H groups in total. The van der Waals surface area contributed by atoms with Gasteiger partial charge in [-0.3, -0.25) is 0 Å². The fraction of sp³-hybridized carbons (Fsp3) is 0.933.